The molecule has 0 saturated heterocycles. The highest BCUT2D eigenvalue weighted by Gasteiger charge is 2.11. The number of fused-ring (bicyclic) bond motifs is 1. The third kappa shape index (κ3) is 2.38. The number of pyridine rings is 1. The maximum Gasteiger partial charge on any atom is 0.241 e. The summed E-state index contributed by atoms with van der Waals surface area (Å²) in [7, 11) is 0. The van der Waals surface area contributed by atoms with Gasteiger partial charge in [-0.3, -0.25) is 9.78 Å². The number of halogens is 1. The van der Waals surface area contributed by atoms with Crippen molar-refractivity contribution in [3.63, 3.8) is 0 Å². The summed E-state index contributed by atoms with van der Waals surface area (Å²) in [5.41, 5.74) is 6.78. The van der Waals surface area contributed by atoms with Crippen LogP contribution in [0.3, 0.4) is 0 Å². The molecule has 1 amide bonds. The van der Waals surface area contributed by atoms with Gasteiger partial charge in [0.2, 0.25) is 5.91 Å². The maximum absolute atomic E-state index is 11.5. The molecule has 0 aliphatic heterocycles. The molecule has 3 N–H and O–H groups in total. The molecular formula is C12H12ClN3O. The highest BCUT2D eigenvalue weighted by atomic mass is 35.5. The molecule has 1 aromatic heterocycles. The van der Waals surface area contributed by atoms with E-state index in [4.69, 9.17) is 17.3 Å². The van der Waals surface area contributed by atoms with Gasteiger partial charge in [-0.2, -0.15) is 0 Å². The Labute approximate surface area is 104 Å². The summed E-state index contributed by atoms with van der Waals surface area (Å²) in [5.74, 6) is -0.251. The van der Waals surface area contributed by atoms with E-state index in [-0.39, 0.29) is 5.91 Å². The minimum atomic E-state index is -0.565. The first-order valence-electron chi connectivity index (χ1n) is 5.19. The van der Waals surface area contributed by atoms with Crippen molar-refractivity contribution in [2.45, 2.75) is 13.0 Å². The van der Waals surface area contributed by atoms with Crippen LogP contribution in [0.5, 0.6) is 0 Å². The van der Waals surface area contributed by atoms with Gasteiger partial charge in [0.15, 0.2) is 0 Å². The number of nitrogens with zero attached hydrogens (tertiary/aromatic N) is 1. The summed E-state index contributed by atoms with van der Waals surface area (Å²) < 4.78 is 0. The SMILES string of the molecule is C[C@H](N)C(=O)Nc1ccc(Cl)c2cccnc12. The summed E-state index contributed by atoms with van der Waals surface area (Å²) in [5, 5.41) is 4.13. The Bertz CT molecular complexity index is 569. The van der Waals surface area contributed by atoms with Gasteiger partial charge in [-0.25, -0.2) is 0 Å². The van der Waals surface area contributed by atoms with Crippen molar-refractivity contribution in [2.75, 3.05) is 5.32 Å². The van der Waals surface area contributed by atoms with Crippen molar-refractivity contribution in [1.82, 2.24) is 4.98 Å². The van der Waals surface area contributed by atoms with E-state index in [0.717, 1.165) is 5.39 Å². The van der Waals surface area contributed by atoms with E-state index in [9.17, 15) is 4.79 Å². The molecule has 0 unspecified atom stereocenters. The van der Waals surface area contributed by atoms with Crippen LogP contribution in [0.2, 0.25) is 5.02 Å². The molecular weight excluding hydrogens is 238 g/mol. The first-order chi connectivity index (χ1) is 8.09. The van der Waals surface area contributed by atoms with Gasteiger partial charge in [-0.15, -0.1) is 0 Å². The van der Waals surface area contributed by atoms with Crippen LogP contribution in [-0.4, -0.2) is 16.9 Å². The van der Waals surface area contributed by atoms with E-state index in [1.54, 1.807) is 31.3 Å². The van der Waals surface area contributed by atoms with Crippen LogP contribution in [0.25, 0.3) is 10.9 Å². The van der Waals surface area contributed by atoms with Crippen molar-refractivity contribution in [3.05, 3.63) is 35.5 Å². The number of anilines is 1. The Balaban J connectivity index is 2.48. The van der Waals surface area contributed by atoms with Crippen molar-refractivity contribution in [1.29, 1.82) is 0 Å². The molecule has 0 fully saturated rings. The van der Waals surface area contributed by atoms with Crippen LogP contribution in [0.15, 0.2) is 30.5 Å². The second-order valence-corrected chi connectivity index (χ2v) is 4.18. The Morgan fingerprint density at radius 2 is 2.24 bits per heavy atom. The Morgan fingerprint density at radius 3 is 2.94 bits per heavy atom. The van der Waals surface area contributed by atoms with Gasteiger partial charge in [-0.05, 0) is 31.2 Å². The fourth-order valence-corrected chi connectivity index (χ4v) is 1.70. The van der Waals surface area contributed by atoms with Crippen LogP contribution < -0.4 is 11.1 Å². The summed E-state index contributed by atoms with van der Waals surface area (Å²) in [4.78, 5) is 15.8. The number of benzene rings is 1. The fourth-order valence-electron chi connectivity index (χ4n) is 1.49. The van der Waals surface area contributed by atoms with E-state index in [1.165, 1.54) is 0 Å². The molecule has 4 nitrogen and oxygen atoms in total. The third-order valence-corrected chi connectivity index (χ3v) is 2.72. The molecule has 1 aromatic carbocycles. The molecule has 17 heavy (non-hydrogen) atoms. The third-order valence-electron chi connectivity index (χ3n) is 2.39. The average molecular weight is 250 g/mol. The van der Waals surface area contributed by atoms with Crippen molar-refractivity contribution >= 4 is 34.1 Å². The van der Waals surface area contributed by atoms with E-state index in [1.807, 2.05) is 6.07 Å². The highest BCUT2D eigenvalue weighted by molar-refractivity contribution is 6.35. The van der Waals surface area contributed by atoms with E-state index in [2.05, 4.69) is 10.3 Å². The number of hydrogen-bond acceptors (Lipinski definition) is 3. The highest BCUT2D eigenvalue weighted by Crippen LogP contribution is 2.27. The minimum absolute atomic E-state index is 0.251. The van der Waals surface area contributed by atoms with E-state index >= 15 is 0 Å². The molecule has 0 bridgehead atoms. The van der Waals surface area contributed by atoms with Crippen molar-refractivity contribution in [3.8, 4) is 0 Å². The predicted octanol–water partition coefficient (Wildman–Crippen LogP) is 2.17. The van der Waals surface area contributed by atoms with E-state index in [0.29, 0.717) is 16.2 Å². The van der Waals surface area contributed by atoms with Gasteiger partial charge < -0.3 is 11.1 Å². The Morgan fingerprint density at radius 1 is 1.47 bits per heavy atom. The fraction of sp³-hybridized carbons (Fsp3) is 0.167. The second kappa shape index (κ2) is 4.69. The smallest absolute Gasteiger partial charge is 0.241 e. The van der Waals surface area contributed by atoms with Gasteiger partial charge >= 0.3 is 0 Å². The van der Waals surface area contributed by atoms with Gasteiger partial charge in [0, 0.05) is 11.6 Å². The van der Waals surface area contributed by atoms with Crippen LogP contribution in [0, 0.1) is 0 Å². The number of amides is 1. The molecule has 0 spiro atoms. The minimum Gasteiger partial charge on any atom is -0.323 e. The maximum atomic E-state index is 11.5. The zero-order valence-corrected chi connectivity index (χ0v) is 10.0. The first-order valence-corrected chi connectivity index (χ1v) is 5.57. The standard InChI is InChI=1S/C12H12ClN3O/c1-7(14)12(17)16-10-5-4-9(13)8-3-2-6-15-11(8)10/h2-7H,14H2,1H3,(H,16,17)/t7-/m0/s1. The quantitative estimate of drug-likeness (QED) is 0.857. The molecule has 2 rings (SSSR count). The molecule has 1 atom stereocenters. The summed E-state index contributed by atoms with van der Waals surface area (Å²) in [6, 6.07) is 6.53. The molecule has 2 aromatic rings. The molecule has 0 aliphatic rings. The number of nitrogens with one attached hydrogen (secondary N) is 1. The summed E-state index contributed by atoms with van der Waals surface area (Å²) >= 11 is 6.05. The topological polar surface area (TPSA) is 68.0 Å². The number of hydrogen-bond donors (Lipinski definition) is 2. The lowest BCUT2D eigenvalue weighted by Crippen LogP contribution is -2.32. The van der Waals surface area contributed by atoms with Gasteiger partial charge in [0.05, 0.1) is 22.3 Å². The largest absolute Gasteiger partial charge is 0.323 e. The molecule has 1 heterocycles. The zero-order valence-electron chi connectivity index (χ0n) is 9.27. The van der Waals surface area contributed by atoms with Gasteiger partial charge in [0.1, 0.15) is 0 Å². The lowest BCUT2D eigenvalue weighted by atomic mass is 10.2. The Hall–Kier alpha value is -1.65. The second-order valence-electron chi connectivity index (χ2n) is 3.77. The number of carbonyl (C=O) groups is 1. The first kappa shape index (κ1) is 11.8. The Kier molecular flexibility index (Phi) is 3.26. The van der Waals surface area contributed by atoms with Crippen molar-refractivity contribution < 1.29 is 4.79 Å². The normalized spacial score (nSPS) is 12.4. The summed E-state index contributed by atoms with van der Waals surface area (Å²) in [6.07, 6.45) is 1.65. The summed E-state index contributed by atoms with van der Waals surface area (Å²) in [6.45, 7) is 1.63. The molecule has 5 heteroatoms. The molecule has 0 aliphatic carbocycles. The van der Waals surface area contributed by atoms with Crippen LogP contribution >= 0.6 is 11.6 Å². The van der Waals surface area contributed by atoms with E-state index < -0.39 is 6.04 Å². The van der Waals surface area contributed by atoms with Crippen LogP contribution in [-0.2, 0) is 4.79 Å². The van der Waals surface area contributed by atoms with Crippen molar-refractivity contribution in [2.24, 2.45) is 5.73 Å². The lowest BCUT2D eigenvalue weighted by Gasteiger charge is -2.10. The predicted molar refractivity (Wildman–Crippen MR) is 69.0 cm³/mol. The number of aromatic nitrogens is 1. The monoisotopic (exact) mass is 249 g/mol. The van der Waals surface area contributed by atoms with Gasteiger partial charge in [0.25, 0.3) is 0 Å². The lowest BCUT2D eigenvalue weighted by molar-refractivity contribution is -0.117. The zero-order chi connectivity index (χ0) is 12.4. The number of carbonyl (C=O) groups excluding carboxylic acids is 1. The molecule has 0 radical (unpaired) electrons. The number of rotatable bonds is 2. The van der Waals surface area contributed by atoms with Gasteiger partial charge in [-0.1, -0.05) is 11.6 Å². The molecule has 88 valence electrons. The van der Waals surface area contributed by atoms with Crippen LogP contribution in [0.4, 0.5) is 5.69 Å². The molecule has 0 saturated carbocycles. The number of nitrogens with two attached hydrogens (primary N) is 1. The van der Waals surface area contributed by atoms with Crippen LogP contribution in [0.1, 0.15) is 6.92 Å². The average Bonchev–Trinajstić information content (AvgIpc) is 2.33.